The Labute approximate surface area is 148 Å². The van der Waals surface area contributed by atoms with Crippen molar-refractivity contribution in [3.8, 4) is 17.0 Å². The van der Waals surface area contributed by atoms with Gasteiger partial charge in [0.2, 0.25) is 0 Å². The summed E-state index contributed by atoms with van der Waals surface area (Å²) in [5, 5.41) is 9.71. The van der Waals surface area contributed by atoms with Crippen LogP contribution in [0.3, 0.4) is 0 Å². The molecular formula is C20H24N2O3. The van der Waals surface area contributed by atoms with Crippen molar-refractivity contribution in [2.45, 2.75) is 25.9 Å². The third-order valence-electron chi connectivity index (χ3n) is 4.90. The minimum Gasteiger partial charge on any atom is -0.496 e. The van der Waals surface area contributed by atoms with Crippen LogP contribution in [0.1, 0.15) is 30.1 Å². The van der Waals surface area contributed by atoms with Gasteiger partial charge in [-0.3, -0.25) is 9.78 Å². The van der Waals surface area contributed by atoms with Crippen LogP contribution >= 0.6 is 0 Å². The van der Waals surface area contributed by atoms with Crippen LogP contribution in [0.15, 0.2) is 42.6 Å². The van der Waals surface area contributed by atoms with E-state index in [9.17, 15) is 9.90 Å². The van der Waals surface area contributed by atoms with Crippen LogP contribution in [0.4, 0.5) is 0 Å². The lowest BCUT2D eigenvalue weighted by Crippen LogP contribution is -2.40. The molecule has 1 unspecified atom stereocenters. The van der Waals surface area contributed by atoms with Crippen molar-refractivity contribution in [2.75, 3.05) is 20.2 Å². The number of methoxy groups -OCH3 is 1. The van der Waals surface area contributed by atoms with Gasteiger partial charge in [-0.05, 0) is 56.0 Å². The predicted molar refractivity (Wildman–Crippen MR) is 96.5 cm³/mol. The Hall–Kier alpha value is -2.40. The van der Waals surface area contributed by atoms with E-state index in [-0.39, 0.29) is 17.9 Å². The van der Waals surface area contributed by atoms with Crippen LogP contribution < -0.4 is 4.74 Å². The molecule has 0 radical (unpaired) electrons. The van der Waals surface area contributed by atoms with Crippen LogP contribution in [0.2, 0.25) is 0 Å². The Morgan fingerprint density at radius 3 is 2.64 bits per heavy atom. The number of aromatic nitrogens is 1. The van der Waals surface area contributed by atoms with Crippen LogP contribution in [0, 0.1) is 5.92 Å². The normalized spacial score (nSPS) is 16.5. The maximum Gasteiger partial charge on any atom is 0.253 e. The summed E-state index contributed by atoms with van der Waals surface area (Å²) < 4.78 is 5.43. The van der Waals surface area contributed by atoms with Gasteiger partial charge in [-0.1, -0.05) is 6.07 Å². The number of rotatable bonds is 4. The molecule has 0 spiro atoms. The number of aliphatic hydroxyl groups excluding tert-OH is 1. The van der Waals surface area contributed by atoms with E-state index in [1.165, 1.54) is 0 Å². The summed E-state index contributed by atoms with van der Waals surface area (Å²) >= 11 is 0. The molecule has 3 rings (SSSR count). The van der Waals surface area contributed by atoms with Crippen molar-refractivity contribution in [2.24, 2.45) is 5.92 Å². The van der Waals surface area contributed by atoms with Crippen molar-refractivity contribution in [1.82, 2.24) is 9.88 Å². The molecule has 1 aromatic carbocycles. The fourth-order valence-electron chi connectivity index (χ4n) is 3.33. The standard InChI is InChI=1S/C20H24N2O3/c1-14(23)15-8-11-22(12-9-15)20(24)16-6-7-19(25-2)17(13-16)18-5-3-4-10-21-18/h3-7,10,13-15,23H,8-9,11-12H2,1-2H3. The minimum atomic E-state index is -0.311. The van der Waals surface area contributed by atoms with E-state index >= 15 is 0 Å². The minimum absolute atomic E-state index is 0.0175. The number of ether oxygens (including phenoxy) is 1. The van der Waals surface area contributed by atoms with Crippen molar-refractivity contribution in [1.29, 1.82) is 0 Å². The summed E-state index contributed by atoms with van der Waals surface area (Å²) in [6.45, 7) is 3.18. The van der Waals surface area contributed by atoms with Crippen LogP contribution in [0.25, 0.3) is 11.3 Å². The Kier molecular flexibility index (Phi) is 5.34. The average molecular weight is 340 g/mol. The summed E-state index contributed by atoms with van der Waals surface area (Å²) in [5.41, 5.74) is 2.23. The third-order valence-corrected chi connectivity index (χ3v) is 4.90. The molecule has 1 aromatic heterocycles. The second kappa shape index (κ2) is 7.66. The first-order valence-corrected chi connectivity index (χ1v) is 8.67. The predicted octanol–water partition coefficient (Wildman–Crippen LogP) is 2.99. The van der Waals surface area contributed by atoms with Gasteiger partial charge in [-0.25, -0.2) is 0 Å². The second-order valence-corrected chi connectivity index (χ2v) is 6.50. The molecule has 1 N–H and O–H groups in total. The zero-order chi connectivity index (χ0) is 17.8. The molecule has 1 aliphatic heterocycles. The van der Waals surface area contributed by atoms with Gasteiger partial charge >= 0.3 is 0 Å². The SMILES string of the molecule is COc1ccc(C(=O)N2CCC(C(C)O)CC2)cc1-c1ccccn1. The summed E-state index contributed by atoms with van der Waals surface area (Å²) in [6, 6.07) is 11.1. The van der Waals surface area contributed by atoms with Gasteiger partial charge in [0.15, 0.2) is 0 Å². The van der Waals surface area contributed by atoms with E-state index < -0.39 is 0 Å². The Morgan fingerprint density at radius 2 is 2.04 bits per heavy atom. The number of hydrogen-bond donors (Lipinski definition) is 1. The highest BCUT2D eigenvalue weighted by Crippen LogP contribution is 2.30. The summed E-state index contributed by atoms with van der Waals surface area (Å²) in [4.78, 5) is 19.1. The largest absolute Gasteiger partial charge is 0.496 e. The maximum atomic E-state index is 12.9. The molecule has 1 saturated heterocycles. The zero-order valence-electron chi connectivity index (χ0n) is 14.7. The van der Waals surface area contributed by atoms with Crippen molar-refractivity contribution < 1.29 is 14.6 Å². The first kappa shape index (κ1) is 17.4. The molecule has 5 heteroatoms. The molecule has 1 fully saturated rings. The summed E-state index contributed by atoms with van der Waals surface area (Å²) in [5.74, 6) is 0.996. The van der Waals surface area contributed by atoms with E-state index in [0.29, 0.717) is 24.4 Å². The third kappa shape index (κ3) is 3.82. The maximum absolute atomic E-state index is 12.9. The van der Waals surface area contributed by atoms with E-state index in [1.807, 2.05) is 42.2 Å². The number of benzene rings is 1. The molecule has 0 saturated carbocycles. The molecule has 1 aliphatic rings. The molecule has 2 aromatic rings. The molecule has 1 atom stereocenters. The fourth-order valence-corrected chi connectivity index (χ4v) is 3.33. The smallest absolute Gasteiger partial charge is 0.253 e. The first-order valence-electron chi connectivity index (χ1n) is 8.67. The second-order valence-electron chi connectivity index (χ2n) is 6.50. The number of carbonyl (C=O) groups is 1. The monoisotopic (exact) mass is 340 g/mol. The lowest BCUT2D eigenvalue weighted by Gasteiger charge is -2.33. The van der Waals surface area contributed by atoms with Crippen molar-refractivity contribution >= 4 is 5.91 Å². The number of likely N-dealkylation sites (tertiary alicyclic amines) is 1. The molecule has 25 heavy (non-hydrogen) atoms. The molecule has 0 aliphatic carbocycles. The zero-order valence-corrected chi connectivity index (χ0v) is 14.7. The number of nitrogens with zero attached hydrogens (tertiary/aromatic N) is 2. The van der Waals surface area contributed by atoms with E-state index in [4.69, 9.17) is 4.74 Å². The highest BCUT2D eigenvalue weighted by atomic mass is 16.5. The first-order chi connectivity index (χ1) is 12.1. The molecule has 2 heterocycles. The molecule has 132 valence electrons. The topological polar surface area (TPSA) is 62.7 Å². The number of aliphatic hydroxyl groups is 1. The summed E-state index contributed by atoms with van der Waals surface area (Å²) in [7, 11) is 1.62. The molecule has 1 amide bonds. The Balaban J connectivity index is 1.82. The van der Waals surface area contributed by atoms with E-state index in [1.54, 1.807) is 19.4 Å². The van der Waals surface area contributed by atoms with Gasteiger partial charge in [0, 0.05) is 30.4 Å². The van der Waals surface area contributed by atoms with Crippen LogP contribution in [-0.4, -0.2) is 47.2 Å². The molecule has 0 bridgehead atoms. The van der Waals surface area contributed by atoms with Gasteiger partial charge in [-0.15, -0.1) is 0 Å². The molecular weight excluding hydrogens is 316 g/mol. The van der Waals surface area contributed by atoms with Crippen molar-refractivity contribution in [3.63, 3.8) is 0 Å². The number of carbonyl (C=O) groups excluding carboxylic acids is 1. The van der Waals surface area contributed by atoms with Gasteiger partial charge in [0.1, 0.15) is 5.75 Å². The fraction of sp³-hybridized carbons (Fsp3) is 0.400. The lowest BCUT2D eigenvalue weighted by atomic mass is 9.92. The highest BCUT2D eigenvalue weighted by Gasteiger charge is 2.26. The lowest BCUT2D eigenvalue weighted by molar-refractivity contribution is 0.0521. The quantitative estimate of drug-likeness (QED) is 0.929. The van der Waals surface area contributed by atoms with Crippen molar-refractivity contribution in [3.05, 3.63) is 48.2 Å². The Morgan fingerprint density at radius 1 is 1.28 bits per heavy atom. The number of amides is 1. The van der Waals surface area contributed by atoms with E-state index in [2.05, 4.69) is 4.98 Å². The van der Waals surface area contributed by atoms with Crippen LogP contribution in [-0.2, 0) is 0 Å². The average Bonchev–Trinajstić information content (AvgIpc) is 2.67. The number of piperidine rings is 1. The Bertz CT molecular complexity index is 723. The van der Waals surface area contributed by atoms with Gasteiger partial charge in [0.05, 0.1) is 18.9 Å². The summed E-state index contributed by atoms with van der Waals surface area (Å²) in [6.07, 6.45) is 3.10. The number of hydrogen-bond acceptors (Lipinski definition) is 4. The van der Waals surface area contributed by atoms with Crippen LogP contribution in [0.5, 0.6) is 5.75 Å². The highest BCUT2D eigenvalue weighted by molar-refractivity contribution is 5.96. The molecule has 5 nitrogen and oxygen atoms in total. The van der Waals surface area contributed by atoms with E-state index in [0.717, 1.165) is 24.1 Å². The number of pyridine rings is 1. The van der Waals surface area contributed by atoms with Gasteiger partial charge < -0.3 is 14.7 Å². The van der Waals surface area contributed by atoms with Gasteiger partial charge in [-0.2, -0.15) is 0 Å². The van der Waals surface area contributed by atoms with Gasteiger partial charge in [0.25, 0.3) is 5.91 Å².